The topological polar surface area (TPSA) is 104 Å². The highest BCUT2D eigenvalue weighted by molar-refractivity contribution is 5.76. The van der Waals surface area contributed by atoms with Gasteiger partial charge in [0.2, 0.25) is 0 Å². The lowest BCUT2D eigenvalue weighted by molar-refractivity contribution is 0.271. The summed E-state index contributed by atoms with van der Waals surface area (Å²) in [5, 5.41) is 23.4. The number of rotatable bonds is 5. The van der Waals surface area contributed by atoms with Crippen LogP contribution in [-0.4, -0.2) is 29.8 Å². The van der Waals surface area contributed by atoms with Gasteiger partial charge in [-0.05, 0) is 55.0 Å². The Balaban J connectivity index is 2.10. The number of aromatic nitrogens is 1. The summed E-state index contributed by atoms with van der Waals surface area (Å²) < 4.78 is 5.90. The van der Waals surface area contributed by atoms with Gasteiger partial charge in [-0.3, -0.25) is 0 Å². The number of pyridine rings is 1. The van der Waals surface area contributed by atoms with E-state index in [2.05, 4.69) is 30.2 Å². The van der Waals surface area contributed by atoms with Gasteiger partial charge in [0, 0.05) is 6.54 Å². The second kappa shape index (κ2) is 8.28. The molecule has 1 aromatic heterocycles. The average Bonchev–Trinajstić information content (AvgIpc) is 2.66. The SMILES string of the molecule is CC(C)COc1cccc(O)c1-c1cc(C2CCCNC2)c(C#N)c(N)n1. The predicted octanol–water partition coefficient (Wildman–Crippen LogP) is 3.41. The van der Waals surface area contributed by atoms with Crippen LogP contribution in [0.3, 0.4) is 0 Å². The Kier molecular flexibility index (Phi) is 5.82. The number of nitriles is 1. The van der Waals surface area contributed by atoms with Crippen molar-refractivity contribution < 1.29 is 9.84 Å². The van der Waals surface area contributed by atoms with Crippen molar-refractivity contribution in [3.63, 3.8) is 0 Å². The standard InChI is InChI=1S/C21H26N4O2/c1-13(2)12-27-19-7-3-6-18(26)20(19)17-9-15(14-5-4-8-24-11-14)16(10-22)21(23)25-17/h3,6-7,9,13-14,24,26H,4-5,8,11-12H2,1-2H3,(H2,23,25). The van der Waals surface area contributed by atoms with E-state index in [1.807, 2.05) is 12.1 Å². The first kappa shape index (κ1) is 19.0. The van der Waals surface area contributed by atoms with Crippen molar-refractivity contribution in [3.8, 4) is 28.8 Å². The second-order valence-electron chi connectivity index (χ2n) is 7.37. The monoisotopic (exact) mass is 366 g/mol. The predicted molar refractivity (Wildman–Crippen MR) is 106 cm³/mol. The number of benzene rings is 1. The lowest BCUT2D eigenvalue weighted by atomic mass is 9.88. The number of nitrogens with zero attached hydrogens (tertiary/aromatic N) is 2. The average molecular weight is 366 g/mol. The molecule has 1 aliphatic heterocycles. The molecule has 0 radical (unpaired) electrons. The van der Waals surface area contributed by atoms with E-state index in [1.165, 1.54) is 0 Å². The van der Waals surface area contributed by atoms with Crippen LogP contribution < -0.4 is 15.8 Å². The number of piperidine rings is 1. The minimum absolute atomic E-state index is 0.0839. The van der Waals surface area contributed by atoms with Gasteiger partial charge in [0.25, 0.3) is 0 Å². The molecule has 0 bridgehead atoms. The number of anilines is 1. The molecule has 6 nitrogen and oxygen atoms in total. The minimum atomic E-state index is 0.0839. The third kappa shape index (κ3) is 4.15. The zero-order valence-electron chi connectivity index (χ0n) is 15.8. The number of nitrogen functional groups attached to an aromatic ring is 1. The Morgan fingerprint density at radius 3 is 2.93 bits per heavy atom. The number of hydrogen-bond acceptors (Lipinski definition) is 6. The van der Waals surface area contributed by atoms with E-state index in [4.69, 9.17) is 10.5 Å². The maximum atomic E-state index is 10.5. The van der Waals surface area contributed by atoms with E-state index in [0.717, 1.165) is 31.5 Å². The summed E-state index contributed by atoms with van der Waals surface area (Å²) in [6.45, 7) is 6.44. The molecule has 27 heavy (non-hydrogen) atoms. The van der Waals surface area contributed by atoms with Crippen LogP contribution in [0.15, 0.2) is 24.3 Å². The molecule has 4 N–H and O–H groups in total. The van der Waals surface area contributed by atoms with E-state index < -0.39 is 0 Å². The molecule has 1 aliphatic rings. The van der Waals surface area contributed by atoms with Crippen LogP contribution >= 0.6 is 0 Å². The number of ether oxygens (including phenoxy) is 1. The maximum Gasteiger partial charge on any atom is 0.142 e. The molecular weight excluding hydrogens is 340 g/mol. The van der Waals surface area contributed by atoms with Gasteiger partial charge in [0.15, 0.2) is 0 Å². The van der Waals surface area contributed by atoms with Crippen LogP contribution in [-0.2, 0) is 0 Å². The summed E-state index contributed by atoms with van der Waals surface area (Å²) >= 11 is 0. The van der Waals surface area contributed by atoms with Crippen molar-refractivity contribution in [2.75, 3.05) is 25.4 Å². The molecule has 2 heterocycles. The van der Waals surface area contributed by atoms with Crippen LogP contribution in [0.4, 0.5) is 5.82 Å². The quantitative estimate of drug-likeness (QED) is 0.749. The van der Waals surface area contributed by atoms with Crippen molar-refractivity contribution in [1.82, 2.24) is 10.3 Å². The molecule has 6 heteroatoms. The zero-order chi connectivity index (χ0) is 19.4. The summed E-state index contributed by atoms with van der Waals surface area (Å²) in [5.41, 5.74) is 8.47. The highest BCUT2D eigenvalue weighted by Crippen LogP contribution is 2.40. The third-order valence-electron chi connectivity index (χ3n) is 4.76. The first-order valence-electron chi connectivity index (χ1n) is 9.37. The summed E-state index contributed by atoms with van der Waals surface area (Å²) in [4.78, 5) is 4.41. The van der Waals surface area contributed by atoms with Gasteiger partial charge in [-0.1, -0.05) is 19.9 Å². The van der Waals surface area contributed by atoms with Crippen LogP contribution in [0.1, 0.15) is 43.7 Å². The zero-order valence-corrected chi connectivity index (χ0v) is 15.8. The molecule has 1 saturated heterocycles. The lowest BCUT2D eigenvalue weighted by Crippen LogP contribution is -2.29. The molecule has 1 atom stereocenters. The highest BCUT2D eigenvalue weighted by atomic mass is 16.5. The van der Waals surface area contributed by atoms with Crippen molar-refractivity contribution in [2.24, 2.45) is 5.92 Å². The third-order valence-corrected chi connectivity index (χ3v) is 4.76. The smallest absolute Gasteiger partial charge is 0.142 e. The molecule has 2 aromatic rings. The molecule has 0 aliphatic carbocycles. The van der Waals surface area contributed by atoms with Crippen molar-refractivity contribution in [1.29, 1.82) is 5.26 Å². The molecule has 0 saturated carbocycles. The van der Waals surface area contributed by atoms with E-state index in [1.54, 1.807) is 12.1 Å². The Hall–Kier alpha value is -2.78. The van der Waals surface area contributed by atoms with Crippen LogP contribution in [0.5, 0.6) is 11.5 Å². The number of nitrogens with two attached hydrogens (primary N) is 1. The fraction of sp³-hybridized carbons (Fsp3) is 0.429. The summed E-state index contributed by atoms with van der Waals surface area (Å²) in [6, 6.07) is 9.24. The summed E-state index contributed by atoms with van der Waals surface area (Å²) in [6.07, 6.45) is 2.04. The molecule has 1 unspecified atom stereocenters. The lowest BCUT2D eigenvalue weighted by Gasteiger charge is -2.25. The number of phenols is 1. The fourth-order valence-electron chi connectivity index (χ4n) is 3.43. The number of phenolic OH excluding ortho intramolecular Hbond substituents is 1. The van der Waals surface area contributed by atoms with Gasteiger partial charge < -0.3 is 20.9 Å². The Morgan fingerprint density at radius 2 is 2.26 bits per heavy atom. The largest absolute Gasteiger partial charge is 0.507 e. The minimum Gasteiger partial charge on any atom is -0.507 e. The van der Waals surface area contributed by atoms with Gasteiger partial charge in [0.1, 0.15) is 23.4 Å². The molecule has 1 aromatic carbocycles. The van der Waals surface area contributed by atoms with E-state index >= 15 is 0 Å². The van der Waals surface area contributed by atoms with Gasteiger partial charge in [-0.25, -0.2) is 4.98 Å². The molecule has 142 valence electrons. The molecule has 0 spiro atoms. The van der Waals surface area contributed by atoms with Crippen LogP contribution in [0.25, 0.3) is 11.3 Å². The van der Waals surface area contributed by atoms with Crippen LogP contribution in [0, 0.1) is 17.2 Å². The van der Waals surface area contributed by atoms with E-state index in [0.29, 0.717) is 35.1 Å². The second-order valence-corrected chi connectivity index (χ2v) is 7.37. The van der Waals surface area contributed by atoms with Crippen molar-refractivity contribution >= 4 is 5.82 Å². The van der Waals surface area contributed by atoms with Crippen molar-refractivity contribution in [2.45, 2.75) is 32.6 Å². The Labute approximate surface area is 160 Å². The molecule has 3 rings (SSSR count). The fourth-order valence-corrected chi connectivity index (χ4v) is 3.43. The van der Waals surface area contributed by atoms with E-state index in [9.17, 15) is 10.4 Å². The van der Waals surface area contributed by atoms with Gasteiger partial charge in [0.05, 0.1) is 23.4 Å². The number of aromatic hydroxyl groups is 1. The van der Waals surface area contributed by atoms with Gasteiger partial charge in [-0.2, -0.15) is 5.26 Å². The molecular formula is C21H26N4O2. The normalized spacial score (nSPS) is 16.9. The first-order valence-corrected chi connectivity index (χ1v) is 9.37. The summed E-state index contributed by atoms with van der Waals surface area (Å²) in [5.74, 6) is 1.38. The maximum absolute atomic E-state index is 10.5. The Morgan fingerprint density at radius 1 is 1.44 bits per heavy atom. The van der Waals surface area contributed by atoms with Crippen LogP contribution in [0.2, 0.25) is 0 Å². The molecule has 1 fully saturated rings. The number of hydrogen-bond donors (Lipinski definition) is 3. The van der Waals surface area contributed by atoms with Gasteiger partial charge >= 0.3 is 0 Å². The summed E-state index contributed by atoms with van der Waals surface area (Å²) in [7, 11) is 0. The van der Waals surface area contributed by atoms with E-state index in [-0.39, 0.29) is 17.5 Å². The number of nitrogens with one attached hydrogen (secondary N) is 1. The van der Waals surface area contributed by atoms with Gasteiger partial charge in [-0.15, -0.1) is 0 Å². The highest BCUT2D eigenvalue weighted by Gasteiger charge is 2.23. The van der Waals surface area contributed by atoms with Crippen molar-refractivity contribution in [3.05, 3.63) is 35.4 Å². The molecule has 0 amide bonds. The first-order chi connectivity index (χ1) is 13.0. The Bertz CT molecular complexity index is 852.